The maximum atomic E-state index is 5.95. The summed E-state index contributed by atoms with van der Waals surface area (Å²) in [5.41, 5.74) is 7.20. The third-order valence-electron chi connectivity index (χ3n) is 3.93. The molecule has 0 radical (unpaired) electrons. The molecule has 1 heterocycles. The van der Waals surface area contributed by atoms with Crippen molar-refractivity contribution in [2.45, 2.75) is 32.7 Å². The van der Waals surface area contributed by atoms with E-state index < -0.39 is 0 Å². The zero-order chi connectivity index (χ0) is 13.7. The first-order valence-electron chi connectivity index (χ1n) is 7.32. The fourth-order valence-corrected chi connectivity index (χ4v) is 2.68. The van der Waals surface area contributed by atoms with Gasteiger partial charge in [0, 0.05) is 19.1 Å². The van der Waals surface area contributed by atoms with Crippen molar-refractivity contribution in [1.29, 1.82) is 0 Å². The van der Waals surface area contributed by atoms with Gasteiger partial charge in [-0.2, -0.15) is 0 Å². The number of likely N-dealkylation sites (tertiary alicyclic amines) is 1. The van der Waals surface area contributed by atoms with Gasteiger partial charge in [0.25, 0.3) is 0 Å². The lowest BCUT2D eigenvalue weighted by molar-refractivity contribution is 0.256. The molecule has 2 unspecified atom stereocenters. The fourth-order valence-electron chi connectivity index (χ4n) is 2.68. The van der Waals surface area contributed by atoms with Crippen LogP contribution in [0.4, 0.5) is 0 Å². The van der Waals surface area contributed by atoms with E-state index in [-0.39, 0.29) is 0 Å². The highest BCUT2D eigenvalue weighted by Gasteiger charge is 2.24. The normalized spacial score (nSPS) is 21.5. The van der Waals surface area contributed by atoms with Crippen LogP contribution in [-0.2, 0) is 0 Å². The van der Waals surface area contributed by atoms with Gasteiger partial charge in [0.15, 0.2) is 0 Å². The van der Waals surface area contributed by atoms with Gasteiger partial charge in [0.2, 0.25) is 0 Å². The number of rotatable bonds is 6. The molecule has 0 saturated carbocycles. The maximum Gasteiger partial charge on any atom is 0.119 e. The maximum absolute atomic E-state index is 5.95. The standard InChI is InChI=1S/C16H26N2O/c1-13-5-3-6-16(11-13)19-10-4-8-18-9-7-15(12-18)14(2)17/h3,5-6,11,14-15H,4,7-10,12,17H2,1-2H3. The Morgan fingerprint density at radius 2 is 2.32 bits per heavy atom. The lowest BCUT2D eigenvalue weighted by Gasteiger charge is -2.17. The van der Waals surface area contributed by atoms with E-state index in [0.717, 1.165) is 31.9 Å². The Morgan fingerprint density at radius 3 is 3.00 bits per heavy atom. The second-order valence-electron chi connectivity index (χ2n) is 5.73. The van der Waals surface area contributed by atoms with Gasteiger partial charge in [-0.3, -0.25) is 0 Å². The molecule has 0 spiro atoms. The summed E-state index contributed by atoms with van der Waals surface area (Å²) in [6, 6.07) is 8.56. The van der Waals surface area contributed by atoms with Crippen LogP contribution in [0.5, 0.6) is 5.75 Å². The van der Waals surface area contributed by atoms with Crippen LogP contribution in [0.2, 0.25) is 0 Å². The van der Waals surface area contributed by atoms with Crippen LogP contribution in [0, 0.1) is 12.8 Å². The average Bonchev–Trinajstić information content (AvgIpc) is 2.84. The summed E-state index contributed by atoms with van der Waals surface area (Å²) in [6.45, 7) is 8.47. The lowest BCUT2D eigenvalue weighted by atomic mass is 10.0. The van der Waals surface area contributed by atoms with Crippen molar-refractivity contribution in [3.63, 3.8) is 0 Å². The van der Waals surface area contributed by atoms with E-state index in [0.29, 0.717) is 12.0 Å². The Hall–Kier alpha value is -1.06. The number of ether oxygens (including phenoxy) is 1. The van der Waals surface area contributed by atoms with Crippen LogP contribution in [0.3, 0.4) is 0 Å². The SMILES string of the molecule is Cc1cccc(OCCCN2CCC(C(C)N)C2)c1. The summed E-state index contributed by atoms with van der Waals surface area (Å²) >= 11 is 0. The molecule has 3 heteroatoms. The number of nitrogens with two attached hydrogens (primary N) is 1. The molecule has 106 valence electrons. The largest absolute Gasteiger partial charge is 0.494 e. The highest BCUT2D eigenvalue weighted by atomic mass is 16.5. The number of nitrogens with zero attached hydrogens (tertiary/aromatic N) is 1. The molecule has 0 amide bonds. The first kappa shape index (κ1) is 14.4. The van der Waals surface area contributed by atoms with Crippen molar-refractivity contribution in [3.8, 4) is 5.75 Å². The minimum atomic E-state index is 0.327. The Kier molecular flexibility index (Phi) is 5.23. The first-order chi connectivity index (χ1) is 9.15. The Balaban J connectivity index is 1.62. The molecule has 1 aromatic carbocycles. The molecular formula is C16H26N2O. The van der Waals surface area contributed by atoms with Gasteiger partial charge in [-0.25, -0.2) is 0 Å². The Labute approximate surface area is 116 Å². The van der Waals surface area contributed by atoms with E-state index in [2.05, 4.69) is 30.9 Å². The second-order valence-corrected chi connectivity index (χ2v) is 5.73. The van der Waals surface area contributed by atoms with Crippen LogP contribution >= 0.6 is 0 Å². The van der Waals surface area contributed by atoms with Gasteiger partial charge in [0.05, 0.1) is 6.61 Å². The predicted molar refractivity (Wildman–Crippen MR) is 79.5 cm³/mol. The number of benzene rings is 1. The van der Waals surface area contributed by atoms with Gasteiger partial charge < -0.3 is 15.4 Å². The Morgan fingerprint density at radius 1 is 1.47 bits per heavy atom. The number of aryl methyl sites for hydroxylation is 1. The predicted octanol–water partition coefficient (Wildman–Crippen LogP) is 2.43. The van der Waals surface area contributed by atoms with Crippen molar-refractivity contribution in [2.24, 2.45) is 11.7 Å². The van der Waals surface area contributed by atoms with E-state index in [1.807, 2.05) is 12.1 Å². The molecule has 3 nitrogen and oxygen atoms in total. The summed E-state index contributed by atoms with van der Waals surface area (Å²) in [7, 11) is 0. The van der Waals surface area contributed by atoms with E-state index >= 15 is 0 Å². The second kappa shape index (κ2) is 6.92. The molecule has 1 fully saturated rings. The van der Waals surface area contributed by atoms with Crippen molar-refractivity contribution in [1.82, 2.24) is 4.90 Å². The molecule has 2 N–H and O–H groups in total. The van der Waals surface area contributed by atoms with Gasteiger partial charge in [-0.05, 0) is 56.8 Å². The van der Waals surface area contributed by atoms with Crippen LogP contribution in [0.1, 0.15) is 25.3 Å². The van der Waals surface area contributed by atoms with Crippen LogP contribution in [0.15, 0.2) is 24.3 Å². The van der Waals surface area contributed by atoms with Gasteiger partial charge in [-0.15, -0.1) is 0 Å². The first-order valence-corrected chi connectivity index (χ1v) is 7.32. The van der Waals surface area contributed by atoms with Crippen LogP contribution < -0.4 is 10.5 Å². The summed E-state index contributed by atoms with van der Waals surface area (Å²) in [6.07, 6.45) is 2.33. The zero-order valence-corrected chi connectivity index (χ0v) is 12.1. The van der Waals surface area contributed by atoms with E-state index in [1.165, 1.54) is 18.5 Å². The van der Waals surface area contributed by atoms with Crippen LogP contribution in [-0.4, -0.2) is 37.2 Å². The van der Waals surface area contributed by atoms with Crippen molar-refractivity contribution in [2.75, 3.05) is 26.2 Å². The molecule has 1 aliphatic rings. The minimum absolute atomic E-state index is 0.327. The summed E-state index contributed by atoms with van der Waals surface area (Å²) in [5, 5.41) is 0. The van der Waals surface area contributed by atoms with E-state index in [9.17, 15) is 0 Å². The molecule has 2 rings (SSSR count). The Bertz CT molecular complexity index is 392. The van der Waals surface area contributed by atoms with Gasteiger partial charge in [0.1, 0.15) is 5.75 Å². The number of hydrogen-bond acceptors (Lipinski definition) is 3. The quantitative estimate of drug-likeness (QED) is 0.800. The van der Waals surface area contributed by atoms with Crippen LogP contribution in [0.25, 0.3) is 0 Å². The van der Waals surface area contributed by atoms with Gasteiger partial charge >= 0.3 is 0 Å². The average molecular weight is 262 g/mol. The zero-order valence-electron chi connectivity index (χ0n) is 12.1. The minimum Gasteiger partial charge on any atom is -0.494 e. The molecule has 0 bridgehead atoms. The molecular weight excluding hydrogens is 236 g/mol. The number of hydrogen-bond donors (Lipinski definition) is 1. The molecule has 1 saturated heterocycles. The molecule has 2 atom stereocenters. The third kappa shape index (κ3) is 4.51. The summed E-state index contributed by atoms with van der Waals surface area (Å²) in [5.74, 6) is 1.66. The topological polar surface area (TPSA) is 38.5 Å². The van der Waals surface area contributed by atoms with Crippen molar-refractivity contribution < 1.29 is 4.74 Å². The molecule has 1 aliphatic heterocycles. The highest BCUT2D eigenvalue weighted by molar-refractivity contribution is 5.27. The van der Waals surface area contributed by atoms with E-state index in [4.69, 9.17) is 10.5 Å². The lowest BCUT2D eigenvalue weighted by Crippen LogP contribution is -2.30. The third-order valence-corrected chi connectivity index (χ3v) is 3.93. The summed E-state index contributed by atoms with van der Waals surface area (Å²) < 4.78 is 5.77. The molecule has 1 aromatic rings. The van der Waals surface area contributed by atoms with Crippen molar-refractivity contribution >= 4 is 0 Å². The smallest absolute Gasteiger partial charge is 0.119 e. The molecule has 19 heavy (non-hydrogen) atoms. The van der Waals surface area contributed by atoms with Gasteiger partial charge in [-0.1, -0.05) is 12.1 Å². The summed E-state index contributed by atoms with van der Waals surface area (Å²) in [4.78, 5) is 2.51. The van der Waals surface area contributed by atoms with Crippen molar-refractivity contribution in [3.05, 3.63) is 29.8 Å². The highest BCUT2D eigenvalue weighted by Crippen LogP contribution is 2.18. The molecule has 0 aromatic heterocycles. The molecule has 0 aliphatic carbocycles. The van der Waals surface area contributed by atoms with E-state index in [1.54, 1.807) is 0 Å². The monoisotopic (exact) mass is 262 g/mol. The fraction of sp³-hybridized carbons (Fsp3) is 0.625.